The summed E-state index contributed by atoms with van der Waals surface area (Å²) in [6, 6.07) is 5.97. The highest BCUT2D eigenvalue weighted by molar-refractivity contribution is 5.96. The van der Waals surface area contributed by atoms with Crippen LogP contribution in [0.1, 0.15) is 46.1 Å². The quantitative estimate of drug-likeness (QED) is 0.360. The highest BCUT2D eigenvalue weighted by atomic mass is 16.7. The van der Waals surface area contributed by atoms with Gasteiger partial charge in [0.15, 0.2) is 0 Å². The lowest BCUT2D eigenvalue weighted by atomic mass is 10.0. The first kappa shape index (κ1) is 26.9. The number of nitrogens with one attached hydrogen (secondary N) is 4. The molecule has 10 nitrogen and oxygen atoms in total. The van der Waals surface area contributed by atoms with E-state index in [0.717, 1.165) is 12.0 Å². The van der Waals surface area contributed by atoms with Crippen LogP contribution in [-0.4, -0.2) is 43.5 Å². The van der Waals surface area contributed by atoms with E-state index in [1.807, 2.05) is 33.2 Å². The molecule has 0 radical (unpaired) electrons. The molecule has 32 heavy (non-hydrogen) atoms. The molecule has 0 saturated carbocycles. The summed E-state index contributed by atoms with van der Waals surface area (Å²) in [5.74, 6) is -0.722. The summed E-state index contributed by atoms with van der Waals surface area (Å²) in [5, 5.41) is 7.99. The Hall–Kier alpha value is -3.14. The van der Waals surface area contributed by atoms with Crippen LogP contribution in [0.3, 0.4) is 0 Å². The Kier molecular flexibility index (Phi) is 11.8. The zero-order chi connectivity index (χ0) is 24.1. The van der Waals surface area contributed by atoms with Crippen LogP contribution in [0.25, 0.3) is 0 Å². The van der Waals surface area contributed by atoms with E-state index in [4.69, 9.17) is 4.74 Å². The zero-order valence-electron chi connectivity index (χ0n) is 19.3. The first-order valence-corrected chi connectivity index (χ1v) is 10.5. The maximum atomic E-state index is 12.5. The van der Waals surface area contributed by atoms with Gasteiger partial charge in [0.2, 0.25) is 17.7 Å². The number of anilines is 1. The number of rotatable bonds is 12. The Morgan fingerprint density at radius 3 is 2.19 bits per heavy atom. The monoisotopic (exact) mass is 450 g/mol. The summed E-state index contributed by atoms with van der Waals surface area (Å²) in [6.45, 7) is 7.53. The van der Waals surface area contributed by atoms with Gasteiger partial charge >= 0.3 is 6.09 Å². The van der Waals surface area contributed by atoms with Gasteiger partial charge in [-0.3, -0.25) is 19.2 Å². The molecule has 178 valence electrons. The van der Waals surface area contributed by atoms with E-state index < -0.39 is 23.9 Å². The van der Waals surface area contributed by atoms with E-state index in [2.05, 4.69) is 20.8 Å². The Labute approximate surface area is 188 Å². The van der Waals surface area contributed by atoms with Gasteiger partial charge in [-0.1, -0.05) is 39.8 Å². The SMILES string of the molecule is CONC(=O)OCc1ccc(NC(=O)CNC(=O)C(NC(=O)CCC(C)C)C(C)C)cc1. The Morgan fingerprint density at radius 2 is 1.62 bits per heavy atom. The molecule has 0 bridgehead atoms. The van der Waals surface area contributed by atoms with Gasteiger partial charge in [-0.25, -0.2) is 4.79 Å². The fourth-order valence-electron chi connectivity index (χ4n) is 2.63. The molecule has 1 aromatic carbocycles. The minimum atomic E-state index is -0.712. The molecule has 0 aromatic heterocycles. The van der Waals surface area contributed by atoms with Crippen molar-refractivity contribution in [2.75, 3.05) is 19.0 Å². The van der Waals surface area contributed by atoms with Gasteiger partial charge in [-0.2, -0.15) is 5.48 Å². The van der Waals surface area contributed by atoms with Crippen molar-refractivity contribution in [2.45, 2.75) is 53.2 Å². The molecule has 1 unspecified atom stereocenters. The van der Waals surface area contributed by atoms with Gasteiger partial charge in [-0.05, 0) is 36.0 Å². The molecule has 0 saturated heterocycles. The maximum Gasteiger partial charge on any atom is 0.431 e. The van der Waals surface area contributed by atoms with Crippen LogP contribution < -0.4 is 21.4 Å². The summed E-state index contributed by atoms with van der Waals surface area (Å²) in [4.78, 5) is 52.4. The highest BCUT2D eigenvalue weighted by Crippen LogP contribution is 2.11. The van der Waals surface area contributed by atoms with Gasteiger partial charge in [-0.15, -0.1) is 0 Å². The number of hydroxylamine groups is 1. The molecule has 0 aliphatic heterocycles. The van der Waals surface area contributed by atoms with Crippen molar-refractivity contribution in [1.29, 1.82) is 0 Å². The summed E-state index contributed by atoms with van der Waals surface area (Å²) < 4.78 is 4.91. The second-order valence-electron chi connectivity index (χ2n) is 8.07. The molecular formula is C22H34N4O6. The Bertz CT molecular complexity index is 764. The third-order valence-corrected chi connectivity index (χ3v) is 4.43. The van der Waals surface area contributed by atoms with Crippen molar-refractivity contribution in [2.24, 2.45) is 11.8 Å². The van der Waals surface area contributed by atoms with Crippen LogP contribution >= 0.6 is 0 Å². The van der Waals surface area contributed by atoms with E-state index in [9.17, 15) is 19.2 Å². The van der Waals surface area contributed by atoms with Crippen LogP contribution in [-0.2, 0) is 30.6 Å². The summed E-state index contributed by atoms with van der Waals surface area (Å²) >= 11 is 0. The van der Waals surface area contributed by atoms with E-state index in [-0.39, 0.29) is 25.0 Å². The molecule has 0 aliphatic carbocycles. The molecule has 1 atom stereocenters. The number of hydrogen-bond acceptors (Lipinski definition) is 6. The molecule has 10 heteroatoms. The van der Waals surface area contributed by atoms with Crippen molar-refractivity contribution < 1.29 is 28.8 Å². The average Bonchev–Trinajstić information content (AvgIpc) is 2.74. The van der Waals surface area contributed by atoms with Gasteiger partial charge < -0.3 is 20.7 Å². The van der Waals surface area contributed by atoms with Crippen LogP contribution in [0, 0.1) is 11.8 Å². The second-order valence-corrected chi connectivity index (χ2v) is 8.07. The second kappa shape index (κ2) is 14.0. The summed E-state index contributed by atoms with van der Waals surface area (Å²) in [5.41, 5.74) is 3.28. The van der Waals surface area contributed by atoms with Crippen molar-refractivity contribution in [3.05, 3.63) is 29.8 Å². The first-order valence-electron chi connectivity index (χ1n) is 10.5. The maximum absolute atomic E-state index is 12.5. The van der Waals surface area contributed by atoms with Crippen molar-refractivity contribution >= 4 is 29.5 Å². The normalized spacial score (nSPS) is 11.6. The predicted molar refractivity (Wildman–Crippen MR) is 119 cm³/mol. The third kappa shape index (κ3) is 10.8. The molecule has 0 heterocycles. The van der Waals surface area contributed by atoms with Gasteiger partial charge in [0.05, 0.1) is 13.7 Å². The fourth-order valence-corrected chi connectivity index (χ4v) is 2.63. The largest absolute Gasteiger partial charge is 0.443 e. The van der Waals surface area contributed by atoms with Crippen LogP contribution in [0.2, 0.25) is 0 Å². The standard InChI is InChI=1S/C22H34N4O6/c1-14(2)6-11-18(27)25-20(15(3)4)21(29)23-12-19(28)24-17-9-7-16(8-10-17)13-32-22(30)26-31-5/h7-10,14-15,20H,6,11-13H2,1-5H3,(H,23,29)(H,24,28)(H,25,27)(H,26,30). The minimum absolute atomic E-state index is 0.0406. The van der Waals surface area contributed by atoms with Crippen molar-refractivity contribution in [3.8, 4) is 0 Å². The van der Waals surface area contributed by atoms with Crippen LogP contribution in [0.4, 0.5) is 10.5 Å². The minimum Gasteiger partial charge on any atom is -0.443 e. The third-order valence-electron chi connectivity index (χ3n) is 4.43. The molecule has 1 rings (SSSR count). The predicted octanol–water partition coefficient (Wildman–Crippen LogP) is 2.11. The summed E-state index contributed by atoms with van der Waals surface area (Å²) in [6.07, 6.45) is 0.384. The lowest BCUT2D eigenvalue weighted by Crippen LogP contribution is -2.51. The Balaban J connectivity index is 2.48. The molecule has 1 aromatic rings. The fraction of sp³-hybridized carbons (Fsp3) is 0.545. The van der Waals surface area contributed by atoms with E-state index in [1.54, 1.807) is 24.3 Å². The van der Waals surface area contributed by atoms with Gasteiger partial charge in [0.1, 0.15) is 12.6 Å². The van der Waals surface area contributed by atoms with E-state index >= 15 is 0 Å². The Morgan fingerprint density at radius 1 is 0.969 bits per heavy atom. The number of ether oxygens (including phenoxy) is 1. The van der Waals surface area contributed by atoms with E-state index in [0.29, 0.717) is 18.0 Å². The number of benzene rings is 1. The smallest absolute Gasteiger partial charge is 0.431 e. The molecule has 4 N–H and O–H groups in total. The van der Waals surface area contributed by atoms with Crippen molar-refractivity contribution in [1.82, 2.24) is 16.1 Å². The molecule has 0 fully saturated rings. The van der Waals surface area contributed by atoms with Crippen molar-refractivity contribution in [3.63, 3.8) is 0 Å². The molecule has 0 spiro atoms. The molecular weight excluding hydrogens is 416 g/mol. The number of amides is 4. The first-order chi connectivity index (χ1) is 15.1. The molecule has 0 aliphatic rings. The topological polar surface area (TPSA) is 135 Å². The number of carbonyl (C=O) groups is 4. The zero-order valence-corrected chi connectivity index (χ0v) is 19.3. The van der Waals surface area contributed by atoms with Gasteiger partial charge in [0.25, 0.3) is 0 Å². The molecule has 4 amide bonds. The summed E-state index contributed by atoms with van der Waals surface area (Å²) in [7, 11) is 1.30. The van der Waals surface area contributed by atoms with Crippen LogP contribution in [0.15, 0.2) is 24.3 Å². The lowest BCUT2D eigenvalue weighted by molar-refractivity contribution is -0.130. The van der Waals surface area contributed by atoms with Gasteiger partial charge in [0, 0.05) is 12.1 Å². The number of hydrogen-bond donors (Lipinski definition) is 4. The lowest BCUT2D eigenvalue weighted by Gasteiger charge is -2.22. The highest BCUT2D eigenvalue weighted by Gasteiger charge is 2.24. The average molecular weight is 451 g/mol. The van der Waals surface area contributed by atoms with Crippen LogP contribution in [0.5, 0.6) is 0 Å². The van der Waals surface area contributed by atoms with E-state index in [1.165, 1.54) is 7.11 Å². The number of carbonyl (C=O) groups excluding carboxylic acids is 4.